The summed E-state index contributed by atoms with van der Waals surface area (Å²) in [6, 6.07) is 0. The van der Waals surface area contributed by atoms with Gasteiger partial charge in [0.05, 0.1) is 5.75 Å². The molecule has 0 spiro atoms. The number of halogens is 1. The summed E-state index contributed by atoms with van der Waals surface area (Å²) in [5.74, 6) is 1.13. The minimum absolute atomic E-state index is 0.169. The number of hydrogen-bond acceptors (Lipinski definition) is 3. The van der Waals surface area contributed by atoms with E-state index >= 15 is 0 Å². The molecule has 0 saturated carbocycles. The Morgan fingerprint density at radius 3 is 2.62 bits per heavy atom. The van der Waals surface area contributed by atoms with Gasteiger partial charge in [-0.3, -0.25) is 0 Å². The van der Waals surface area contributed by atoms with Gasteiger partial charge in [0.1, 0.15) is 0 Å². The summed E-state index contributed by atoms with van der Waals surface area (Å²) in [7, 11) is -2.85. The van der Waals surface area contributed by atoms with Crippen molar-refractivity contribution in [3.8, 4) is 0 Å². The van der Waals surface area contributed by atoms with Gasteiger partial charge in [0.25, 0.3) is 0 Å². The third kappa shape index (κ3) is 4.60. The van der Waals surface area contributed by atoms with E-state index in [0.717, 1.165) is 19.5 Å². The van der Waals surface area contributed by atoms with Gasteiger partial charge in [0, 0.05) is 24.2 Å². The van der Waals surface area contributed by atoms with E-state index in [9.17, 15) is 8.42 Å². The van der Waals surface area contributed by atoms with Gasteiger partial charge in [0.2, 0.25) is 0 Å². The first-order chi connectivity index (χ1) is 7.44. The highest BCUT2D eigenvalue weighted by molar-refractivity contribution is 7.91. The Balaban J connectivity index is 2.34. The third-order valence-corrected chi connectivity index (χ3v) is 5.59. The van der Waals surface area contributed by atoms with E-state index in [4.69, 9.17) is 11.6 Å². The second-order valence-electron chi connectivity index (χ2n) is 4.73. The zero-order valence-electron chi connectivity index (χ0n) is 10.2. The zero-order valence-corrected chi connectivity index (χ0v) is 11.7. The van der Waals surface area contributed by atoms with E-state index in [2.05, 4.69) is 11.8 Å². The Kier molecular flexibility index (Phi) is 5.54. The Hall–Kier alpha value is 0.200. The number of piperidine rings is 1. The number of sulfone groups is 1. The smallest absolute Gasteiger partial charge is 0.151 e. The summed E-state index contributed by atoms with van der Waals surface area (Å²) >= 11 is 6.18. The van der Waals surface area contributed by atoms with E-state index in [0.29, 0.717) is 24.6 Å². The van der Waals surface area contributed by atoms with E-state index in [1.165, 1.54) is 0 Å². The largest absolute Gasteiger partial charge is 0.301 e. The molecule has 0 aromatic heterocycles. The standard InChI is InChI=1S/C11H22ClNO2S/c1-3-7-16(14,15)8-6-13-5-4-10(2)11(12)9-13/h10-11H,3-9H2,1-2H3. The second kappa shape index (κ2) is 6.22. The van der Waals surface area contributed by atoms with Crippen LogP contribution < -0.4 is 0 Å². The topological polar surface area (TPSA) is 37.4 Å². The van der Waals surface area contributed by atoms with Gasteiger partial charge >= 0.3 is 0 Å². The van der Waals surface area contributed by atoms with Gasteiger partial charge in [-0.15, -0.1) is 11.6 Å². The van der Waals surface area contributed by atoms with Gasteiger partial charge in [-0.25, -0.2) is 8.42 Å². The maximum absolute atomic E-state index is 11.6. The van der Waals surface area contributed by atoms with Crippen LogP contribution in [-0.2, 0) is 9.84 Å². The van der Waals surface area contributed by atoms with Crippen molar-refractivity contribution in [2.24, 2.45) is 5.92 Å². The van der Waals surface area contributed by atoms with Gasteiger partial charge in [-0.2, -0.15) is 0 Å². The summed E-state index contributed by atoms with van der Waals surface area (Å²) in [6.07, 6.45) is 1.78. The lowest BCUT2D eigenvalue weighted by Gasteiger charge is -2.33. The third-order valence-electron chi connectivity index (χ3n) is 3.18. The molecule has 1 saturated heterocycles. The highest BCUT2D eigenvalue weighted by atomic mass is 35.5. The molecule has 0 aromatic rings. The Morgan fingerprint density at radius 2 is 2.06 bits per heavy atom. The summed E-state index contributed by atoms with van der Waals surface area (Å²) in [5, 5.41) is 0.169. The number of nitrogens with zero attached hydrogens (tertiary/aromatic N) is 1. The molecule has 3 nitrogen and oxygen atoms in total. The molecule has 0 amide bonds. The fraction of sp³-hybridized carbons (Fsp3) is 1.00. The highest BCUT2D eigenvalue weighted by Crippen LogP contribution is 2.21. The predicted octanol–water partition coefficient (Wildman–Crippen LogP) is 1.76. The molecular weight excluding hydrogens is 246 g/mol. The number of rotatable bonds is 5. The lowest BCUT2D eigenvalue weighted by Crippen LogP contribution is -2.42. The molecule has 16 heavy (non-hydrogen) atoms. The molecule has 2 atom stereocenters. The molecule has 0 radical (unpaired) electrons. The molecule has 2 unspecified atom stereocenters. The summed E-state index contributed by atoms with van der Waals surface area (Å²) in [5.41, 5.74) is 0. The van der Waals surface area contributed by atoms with Crippen molar-refractivity contribution in [2.45, 2.75) is 32.1 Å². The molecule has 0 N–H and O–H groups in total. The molecule has 1 aliphatic heterocycles. The summed E-state index contributed by atoms with van der Waals surface area (Å²) in [6.45, 7) is 6.49. The molecule has 1 aliphatic rings. The van der Waals surface area contributed by atoms with Crippen LogP contribution in [0.3, 0.4) is 0 Å². The average Bonchev–Trinajstić information content (AvgIpc) is 2.20. The monoisotopic (exact) mass is 267 g/mol. The number of alkyl halides is 1. The van der Waals surface area contributed by atoms with E-state index in [1.807, 2.05) is 6.92 Å². The molecule has 5 heteroatoms. The quantitative estimate of drug-likeness (QED) is 0.713. The van der Waals surface area contributed by atoms with Gasteiger partial charge in [-0.1, -0.05) is 13.8 Å². The van der Waals surface area contributed by atoms with E-state index < -0.39 is 9.84 Å². The molecule has 0 bridgehead atoms. The average molecular weight is 268 g/mol. The van der Waals surface area contributed by atoms with Crippen LogP contribution in [0.15, 0.2) is 0 Å². The Bertz CT molecular complexity index is 305. The van der Waals surface area contributed by atoms with Crippen LogP contribution >= 0.6 is 11.6 Å². The second-order valence-corrected chi connectivity index (χ2v) is 7.60. The van der Waals surface area contributed by atoms with Crippen molar-refractivity contribution in [3.05, 3.63) is 0 Å². The lowest BCUT2D eigenvalue weighted by molar-refractivity contribution is 0.206. The van der Waals surface area contributed by atoms with Gasteiger partial charge < -0.3 is 4.90 Å². The minimum Gasteiger partial charge on any atom is -0.301 e. The van der Waals surface area contributed by atoms with Crippen molar-refractivity contribution in [1.29, 1.82) is 0 Å². The fourth-order valence-corrected chi connectivity index (χ4v) is 3.65. The molecule has 1 heterocycles. The van der Waals surface area contributed by atoms with Gasteiger partial charge in [0.15, 0.2) is 9.84 Å². The lowest BCUT2D eigenvalue weighted by atomic mass is 9.99. The van der Waals surface area contributed by atoms with E-state index in [-0.39, 0.29) is 11.1 Å². The first-order valence-corrected chi connectivity index (χ1v) is 8.27. The van der Waals surface area contributed by atoms with Crippen LogP contribution in [0.1, 0.15) is 26.7 Å². The van der Waals surface area contributed by atoms with Crippen LogP contribution in [-0.4, -0.2) is 49.8 Å². The first kappa shape index (κ1) is 14.3. The molecule has 1 rings (SSSR count). The predicted molar refractivity (Wildman–Crippen MR) is 68.8 cm³/mol. The maximum atomic E-state index is 11.6. The summed E-state index contributed by atoms with van der Waals surface area (Å²) < 4.78 is 23.1. The van der Waals surface area contributed by atoms with Crippen LogP contribution in [0, 0.1) is 5.92 Å². The van der Waals surface area contributed by atoms with Gasteiger partial charge in [-0.05, 0) is 25.3 Å². The van der Waals surface area contributed by atoms with Crippen molar-refractivity contribution in [2.75, 3.05) is 31.1 Å². The molecule has 0 aliphatic carbocycles. The van der Waals surface area contributed by atoms with Crippen molar-refractivity contribution < 1.29 is 8.42 Å². The first-order valence-electron chi connectivity index (χ1n) is 6.01. The SMILES string of the molecule is CCCS(=O)(=O)CCN1CCC(C)C(Cl)C1. The summed E-state index contributed by atoms with van der Waals surface area (Å²) in [4.78, 5) is 2.17. The fourth-order valence-electron chi connectivity index (χ4n) is 1.97. The number of hydrogen-bond donors (Lipinski definition) is 0. The zero-order chi connectivity index (χ0) is 12.2. The van der Waals surface area contributed by atoms with Crippen molar-refractivity contribution in [3.63, 3.8) is 0 Å². The molecule has 1 fully saturated rings. The molecular formula is C11H22ClNO2S. The highest BCUT2D eigenvalue weighted by Gasteiger charge is 2.24. The normalized spacial score (nSPS) is 28.2. The Labute approximate surface area is 104 Å². The van der Waals surface area contributed by atoms with Crippen molar-refractivity contribution >= 4 is 21.4 Å². The van der Waals surface area contributed by atoms with E-state index in [1.54, 1.807) is 0 Å². The van der Waals surface area contributed by atoms with Crippen LogP contribution in [0.5, 0.6) is 0 Å². The van der Waals surface area contributed by atoms with Crippen LogP contribution in [0.25, 0.3) is 0 Å². The van der Waals surface area contributed by atoms with Crippen LogP contribution in [0.4, 0.5) is 0 Å². The maximum Gasteiger partial charge on any atom is 0.151 e. The molecule has 0 aromatic carbocycles. The van der Waals surface area contributed by atoms with Crippen molar-refractivity contribution in [1.82, 2.24) is 4.90 Å². The number of likely N-dealkylation sites (tertiary alicyclic amines) is 1. The minimum atomic E-state index is -2.85. The Morgan fingerprint density at radius 1 is 1.38 bits per heavy atom. The molecule has 96 valence electrons. The van der Waals surface area contributed by atoms with Crippen LogP contribution in [0.2, 0.25) is 0 Å².